The van der Waals surface area contributed by atoms with Gasteiger partial charge in [0.15, 0.2) is 0 Å². The van der Waals surface area contributed by atoms with Gasteiger partial charge in [-0.3, -0.25) is 9.59 Å². The normalized spacial score (nSPS) is 11.6. The third kappa shape index (κ3) is 17.8. The number of hydrogen-bond donors (Lipinski definition) is 0. The average molecular weight is 982 g/mol. The molecule has 11 heteroatoms. The zero-order chi connectivity index (χ0) is 46.4. The number of carbonyl (C=O) groups is 2. The van der Waals surface area contributed by atoms with Gasteiger partial charge in [-0.1, -0.05) is 118 Å². The molecular formula is C54H65BrN2O6S2. The van der Waals surface area contributed by atoms with Gasteiger partial charge in [-0.25, -0.2) is 9.97 Å². The van der Waals surface area contributed by atoms with E-state index >= 15 is 0 Å². The van der Waals surface area contributed by atoms with Gasteiger partial charge in [0.2, 0.25) is 0 Å². The summed E-state index contributed by atoms with van der Waals surface area (Å²) in [4.78, 5) is 34.2. The molecule has 6 aromatic rings. The largest absolute Gasteiger partial charge is 0.494 e. The van der Waals surface area contributed by atoms with E-state index in [1.54, 1.807) is 22.7 Å². The van der Waals surface area contributed by atoms with E-state index in [0.29, 0.717) is 6.42 Å². The SMILES string of the molecule is CCCCCCCOc1ccc(-c2csc(-c3ccc(Br)cc3)n2)cc1.CCCCCCCOc1ccc(-c2csc(-c3ccc(C[C@H](CC(=O)OC(C)(C)C)C(=O)OC)cc3)n2)cc1. The molecule has 0 saturated carbocycles. The molecule has 0 spiro atoms. The molecule has 65 heavy (non-hydrogen) atoms. The third-order valence-electron chi connectivity index (χ3n) is 10.5. The van der Waals surface area contributed by atoms with Gasteiger partial charge in [0.25, 0.3) is 0 Å². The second kappa shape index (κ2) is 27.0. The Morgan fingerprint density at radius 2 is 1.03 bits per heavy atom. The van der Waals surface area contributed by atoms with Crippen LogP contribution in [0.15, 0.2) is 112 Å². The molecule has 0 amide bonds. The van der Waals surface area contributed by atoms with Gasteiger partial charge in [-0.05, 0) is 106 Å². The van der Waals surface area contributed by atoms with Crippen LogP contribution in [0.1, 0.15) is 111 Å². The van der Waals surface area contributed by atoms with Crippen LogP contribution >= 0.6 is 38.6 Å². The van der Waals surface area contributed by atoms with Crippen molar-refractivity contribution in [2.24, 2.45) is 5.92 Å². The van der Waals surface area contributed by atoms with Crippen molar-refractivity contribution in [3.63, 3.8) is 0 Å². The first-order valence-electron chi connectivity index (χ1n) is 23.0. The highest BCUT2D eigenvalue weighted by Crippen LogP contribution is 2.32. The molecule has 0 N–H and O–H groups in total. The lowest BCUT2D eigenvalue weighted by Crippen LogP contribution is -2.28. The van der Waals surface area contributed by atoms with Gasteiger partial charge in [0.05, 0.1) is 44.1 Å². The number of unbranched alkanes of at least 4 members (excludes halogenated alkanes) is 8. The molecule has 8 nitrogen and oxygen atoms in total. The van der Waals surface area contributed by atoms with Gasteiger partial charge >= 0.3 is 11.9 Å². The molecule has 0 aliphatic rings. The highest BCUT2D eigenvalue weighted by molar-refractivity contribution is 9.10. The van der Waals surface area contributed by atoms with Crippen LogP contribution in [0.5, 0.6) is 11.5 Å². The number of ether oxygens (including phenoxy) is 4. The predicted molar refractivity (Wildman–Crippen MR) is 272 cm³/mol. The quantitative estimate of drug-likeness (QED) is 0.0463. The minimum Gasteiger partial charge on any atom is -0.494 e. The van der Waals surface area contributed by atoms with E-state index in [2.05, 4.69) is 64.8 Å². The monoisotopic (exact) mass is 980 g/mol. The maximum absolute atomic E-state index is 12.3. The molecule has 346 valence electrons. The van der Waals surface area contributed by atoms with Crippen LogP contribution in [0, 0.1) is 5.92 Å². The molecule has 1 atom stereocenters. The lowest BCUT2D eigenvalue weighted by atomic mass is 9.95. The van der Waals surface area contributed by atoms with Gasteiger partial charge < -0.3 is 18.9 Å². The van der Waals surface area contributed by atoms with Gasteiger partial charge in [-0.15, -0.1) is 22.7 Å². The first-order valence-corrected chi connectivity index (χ1v) is 25.5. The first-order chi connectivity index (χ1) is 31.4. The Labute approximate surface area is 403 Å². The molecule has 4 aromatic carbocycles. The smallest absolute Gasteiger partial charge is 0.309 e. The van der Waals surface area contributed by atoms with Crippen LogP contribution in [-0.2, 0) is 25.5 Å². The summed E-state index contributed by atoms with van der Waals surface area (Å²) in [6.45, 7) is 11.4. The molecule has 0 saturated heterocycles. The number of methoxy groups -OCH3 is 1. The molecule has 0 aliphatic carbocycles. The molecule has 0 bridgehead atoms. The Hall–Kier alpha value is -4.84. The number of nitrogens with zero attached hydrogens (tertiary/aromatic N) is 2. The minimum atomic E-state index is -0.602. The number of hydrogen-bond acceptors (Lipinski definition) is 10. The maximum atomic E-state index is 12.3. The zero-order valence-electron chi connectivity index (χ0n) is 38.9. The van der Waals surface area contributed by atoms with Crippen molar-refractivity contribution in [1.82, 2.24) is 9.97 Å². The highest BCUT2D eigenvalue weighted by Gasteiger charge is 2.26. The maximum Gasteiger partial charge on any atom is 0.309 e. The predicted octanol–water partition coefficient (Wildman–Crippen LogP) is 15.5. The summed E-state index contributed by atoms with van der Waals surface area (Å²) in [5.41, 5.74) is 6.59. The van der Waals surface area contributed by atoms with Crippen molar-refractivity contribution in [2.75, 3.05) is 20.3 Å². The summed E-state index contributed by atoms with van der Waals surface area (Å²) in [7, 11) is 1.34. The van der Waals surface area contributed by atoms with Crippen LogP contribution in [-0.4, -0.2) is 47.8 Å². The number of rotatable bonds is 23. The van der Waals surface area contributed by atoms with Gasteiger partial charge in [0.1, 0.15) is 27.1 Å². The third-order valence-corrected chi connectivity index (χ3v) is 12.8. The van der Waals surface area contributed by atoms with Crippen molar-refractivity contribution in [3.05, 3.63) is 118 Å². The average Bonchev–Trinajstić information content (AvgIpc) is 4.01. The van der Waals surface area contributed by atoms with E-state index in [1.807, 2.05) is 93.6 Å². The number of thiazole rings is 2. The fourth-order valence-corrected chi connectivity index (χ4v) is 8.90. The zero-order valence-corrected chi connectivity index (χ0v) is 42.1. The summed E-state index contributed by atoms with van der Waals surface area (Å²) in [5.74, 6) is 0.393. The highest BCUT2D eigenvalue weighted by atomic mass is 79.9. The van der Waals surface area contributed by atoms with E-state index in [4.69, 9.17) is 28.9 Å². The molecule has 6 rings (SSSR count). The summed E-state index contributed by atoms with van der Waals surface area (Å²) in [6, 6.07) is 32.6. The molecule has 2 heterocycles. The lowest BCUT2D eigenvalue weighted by Gasteiger charge is -2.21. The van der Waals surface area contributed by atoms with Crippen molar-refractivity contribution in [2.45, 2.75) is 117 Å². The molecule has 0 fully saturated rings. The van der Waals surface area contributed by atoms with Crippen molar-refractivity contribution in [1.29, 1.82) is 0 Å². The number of halogens is 1. The summed E-state index contributed by atoms with van der Waals surface area (Å²) >= 11 is 6.73. The Balaban J connectivity index is 0.000000264. The van der Waals surface area contributed by atoms with Crippen LogP contribution in [0.3, 0.4) is 0 Å². The number of carbonyl (C=O) groups excluding carboxylic acids is 2. The van der Waals surface area contributed by atoms with Crippen LogP contribution in [0.25, 0.3) is 43.7 Å². The Kier molecular flexibility index (Phi) is 21.2. The van der Waals surface area contributed by atoms with E-state index in [1.165, 1.54) is 58.5 Å². The second-order valence-corrected chi connectivity index (χ2v) is 19.7. The molecule has 0 radical (unpaired) electrons. The number of aromatic nitrogens is 2. The lowest BCUT2D eigenvalue weighted by molar-refractivity contribution is -0.160. The molecule has 0 aliphatic heterocycles. The number of esters is 2. The summed E-state index contributed by atoms with van der Waals surface area (Å²) in [5, 5.41) is 6.13. The number of benzene rings is 4. The summed E-state index contributed by atoms with van der Waals surface area (Å²) in [6.07, 6.45) is 12.8. The first kappa shape index (κ1) is 51.1. The van der Waals surface area contributed by atoms with Crippen molar-refractivity contribution < 1.29 is 28.5 Å². The van der Waals surface area contributed by atoms with E-state index in [9.17, 15) is 9.59 Å². The molecular weight excluding hydrogens is 917 g/mol. The Bertz CT molecular complexity index is 2300. The summed E-state index contributed by atoms with van der Waals surface area (Å²) < 4.78 is 23.1. The Morgan fingerprint density at radius 3 is 1.46 bits per heavy atom. The van der Waals surface area contributed by atoms with E-state index < -0.39 is 23.5 Å². The van der Waals surface area contributed by atoms with E-state index in [0.717, 1.165) is 91.2 Å². The molecule has 0 unspecified atom stereocenters. The van der Waals surface area contributed by atoms with Gasteiger partial charge in [-0.2, -0.15) is 0 Å². The topological polar surface area (TPSA) is 96.8 Å². The van der Waals surface area contributed by atoms with Gasteiger partial charge in [0, 0.05) is 37.5 Å². The molecule has 2 aromatic heterocycles. The van der Waals surface area contributed by atoms with Crippen LogP contribution in [0.2, 0.25) is 0 Å². The van der Waals surface area contributed by atoms with Crippen LogP contribution < -0.4 is 9.47 Å². The fraction of sp³-hybridized carbons (Fsp3) is 0.407. The second-order valence-electron chi connectivity index (χ2n) is 17.1. The van der Waals surface area contributed by atoms with Crippen molar-refractivity contribution in [3.8, 4) is 55.2 Å². The Morgan fingerprint density at radius 1 is 0.600 bits per heavy atom. The van der Waals surface area contributed by atoms with Crippen molar-refractivity contribution >= 4 is 50.5 Å². The fourth-order valence-electron chi connectivity index (χ4n) is 6.96. The standard InChI is InChI=1S/C32H41NO5S.C22H24BrNOS/c1-6-7-8-9-10-19-37-27-17-15-24(16-18-27)28-22-39-30(33-28)25-13-11-23(12-14-25)20-26(31(35)36-5)21-29(34)38-32(2,3)4;1-2-3-4-5-6-15-25-20-13-9-17(10-14-20)21-16-26-22(24-21)18-7-11-19(23)12-8-18/h11-18,22,26H,6-10,19-21H2,1-5H3;7-14,16H,2-6,15H2,1H3/t26-;/m1./s1. The van der Waals surface area contributed by atoms with Crippen LogP contribution in [0.4, 0.5) is 0 Å². The minimum absolute atomic E-state index is 0.0235. The van der Waals surface area contributed by atoms with E-state index in [-0.39, 0.29) is 6.42 Å².